The summed E-state index contributed by atoms with van der Waals surface area (Å²) in [5, 5.41) is 15.1. The van der Waals surface area contributed by atoms with Crippen LogP contribution in [0.2, 0.25) is 0 Å². The topological polar surface area (TPSA) is 114 Å². The van der Waals surface area contributed by atoms with E-state index in [1.54, 1.807) is 6.92 Å². The average molecular weight is 613 g/mol. The van der Waals surface area contributed by atoms with E-state index in [0.717, 1.165) is 22.4 Å². The monoisotopic (exact) mass is 612 g/mol. The molecule has 45 heavy (non-hydrogen) atoms. The van der Waals surface area contributed by atoms with Crippen LogP contribution in [-0.2, 0) is 38.6 Å². The van der Waals surface area contributed by atoms with Gasteiger partial charge < -0.3 is 25.2 Å². The molecule has 0 aromatic heterocycles. The first-order valence-electron chi connectivity index (χ1n) is 15.7. The highest BCUT2D eigenvalue weighted by molar-refractivity contribution is 5.86. The zero-order valence-electron chi connectivity index (χ0n) is 25.9. The molecule has 0 bridgehead atoms. The number of cyclic esters (lactones) is 1. The van der Waals surface area contributed by atoms with Crippen molar-refractivity contribution in [3.05, 3.63) is 114 Å². The molecule has 238 valence electrons. The van der Waals surface area contributed by atoms with Crippen LogP contribution in [0.25, 0.3) is 0 Å². The molecule has 0 saturated heterocycles. The molecule has 1 aliphatic heterocycles. The van der Waals surface area contributed by atoms with Crippen molar-refractivity contribution in [1.29, 1.82) is 0 Å². The van der Waals surface area contributed by atoms with E-state index < -0.39 is 18.0 Å². The SMILES string of the molecule is C[C@@H](CO)NC(=O)C[C@H]1CC=CCC[C@H](Cc2ccccc2)C(=O)OC[C@H](Cc2ccc(OCc3ccccc3)cc2)NC1=O. The maximum Gasteiger partial charge on any atom is 0.309 e. The van der Waals surface area contributed by atoms with E-state index in [9.17, 15) is 19.5 Å². The minimum Gasteiger partial charge on any atom is -0.489 e. The third kappa shape index (κ3) is 11.5. The summed E-state index contributed by atoms with van der Waals surface area (Å²) in [6.45, 7) is 1.99. The van der Waals surface area contributed by atoms with Crippen molar-refractivity contribution in [2.24, 2.45) is 11.8 Å². The summed E-state index contributed by atoms with van der Waals surface area (Å²) in [6.07, 6.45) is 6.51. The number of rotatable bonds is 11. The minimum absolute atomic E-state index is 0.00993. The molecule has 0 unspecified atom stereocenters. The van der Waals surface area contributed by atoms with E-state index in [0.29, 0.717) is 38.7 Å². The van der Waals surface area contributed by atoms with Crippen LogP contribution in [0.15, 0.2) is 97.1 Å². The van der Waals surface area contributed by atoms with E-state index >= 15 is 0 Å². The smallest absolute Gasteiger partial charge is 0.309 e. The summed E-state index contributed by atoms with van der Waals surface area (Å²) in [5.74, 6) is -1.07. The van der Waals surface area contributed by atoms with Gasteiger partial charge in [0.2, 0.25) is 11.8 Å². The molecule has 0 aliphatic carbocycles. The van der Waals surface area contributed by atoms with Gasteiger partial charge in [0.25, 0.3) is 0 Å². The maximum atomic E-state index is 13.5. The van der Waals surface area contributed by atoms with Crippen LogP contribution in [0, 0.1) is 11.8 Å². The predicted octanol–water partition coefficient (Wildman–Crippen LogP) is 4.94. The zero-order valence-corrected chi connectivity index (χ0v) is 25.9. The summed E-state index contributed by atoms with van der Waals surface area (Å²) in [5.41, 5.74) is 3.08. The quantitative estimate of drug-likeness (QED) is 0.209. The molecular weight excluding hydrogens is 568 g/mol. The number of amides is 2. The van der Waals surface area contributed by atoms with Crippen molar-refractivity contribution >= 4 is 17.8 Å². The predicted molar refractivity (Wildman–Crippen MR) is 173 cm³/mol. The Balaban J connectivity index is 1.48. The fraction of sp³-hybridized carbons (Fsp3) is 0.378. The molecule has 0 radical (unpaired) electrons. The van der Waals surface area contributed by atoms with E-state index in [4.69, 9.17) is 9.47 Å². The molecule has 3 N–H and O–H groups in total. The number of carbonyl (C=O) groups is 3. The Bertz CT molecular complexity index is 1380. The van der Waals surface area contributed by atoms with Gasteiger partial charge in [0, 0.05) is 12.5 Å². The van der Waals surface area contributed by atoms with Crippen LogP contribution in [0.5, 0.6) is 5.75 Å². The molecular formula is C37H44N2O6. The average Bonchev–Trinajstić information content (AvgIpc) is 3.06. The zero-order chi connectivity index (χ0) is 31.9. The number of aliphatic hydroxyl groups excluding tert-OH is 1. The summed E-state index contributed by atoms with van der Waals surface area (Å²) in [7, 11) is 0. The molecule has 3 aromatic rings. The molecule has 8 nitrogen and oxygen atoms in total. The second kappa shape index (κ2) is 17.8. The highest BCUT2D eigenvalue weighted by atomic mass is 16.5. The summed E-state index contributed by atoms with van der Waals surface area (Å²) < 4.78 is 11.8. The molecule has 0 saturated carbocycles. The molecule has 1 aliphatic rings. The molecule has 0 spiro atoms. The van der Waals surface area contributed by atoms with Gasteiger partial charge in [-0.2, -0.15) is 0 Å². The number of carbonyl (C=O) groups excluding carboxylic acids is 3. The standard InChI is InChI=1S/C37H44N2O6/c1-27(24-40)38-35(41)23-31-15-9-4-10-16-32(21-28-11-5-2-6-12-28)37(43)45-26-33(39-36(31)42)22-29-17-19-34(20-18-29)44-25-30-13-7-3-8-14-30/h2-9,11-14,17-20,27,31-33,40H,10,15-16,21-26H2,1H3,(H,38,41)(H,39,42)/t27-,31+,32+,33-/m0/s1. The highest BCUT2D eigenvalue weighted by Crippen LogP contribution is 2.20. The molecule has 0 fully saturated rings. The van der Waals surface area contributed by atoms with Gasteiger partial charge in [0.15, 0.2) is 0 Å². The number of esters is 1. The molecule has 2 amide bonds. The van der Waals surface area contributed by atoms with Gasteiger partial charge in [0.05, 0.1) is 24.5 Å². The van der Waals surface area contributed by atoms with Crippen LogP contribution >= 0.6 is 0 Å². The van der Waals surface area contributed by atoms with Crippen molar-refractivity contribution in [3.63, 3.8) is 0 Å². The van der Waals surface area contributed by atoms with Gasteiger partial charge in [-0.3, -0.25) is 14.4 Å². The Labute approximate surface area is 265 Å². The largest absolute Gasteiger partial charge is 0.489 e. The Morgan fingerprint density at radius 2 is 1.58 bits per heavy atom. The normalized spacial score (nSPS) is 20.0. The summed E-state index contributed by atoms with van der Waals surface area (Å²) >= 11 is 0. The third-order valence-electron chi connectivity index (χ3n) is 7.84. The first kappa shape index (κ1) is 33.5. The van der Waals surface area contributed by atoms with Crippen LogP contribution in [0.3, 0.4) is 0 Å². The second-order valence-electron chi connectivity index (χ2n) is 11.7. The first-order chi connectivity index (χ1) is 21.9. The van der Waals surface area contributed by atoms with E-state index in [1.165, 1.54) is 0 Å². The van der Waals surface area contributed by atoms with Gasteiger partial charge in [-0.1, -0.05) is 84.9 Å². The van der Waals surface area contributed by atoms with Crippen molar-refractivity contribution < 1.29 is 29.0 Å². The van der Waals surface area contributed by atoms with Crippen molar-refractivity contribution in [2.45, 2.75) is 64.1 Å². The fourth-order valence-corrected chi connectivity index (χ4v) is 5.28. The number of allylic oxidation sites excluding steroid dienone is 2. The van der Waals surface area contributed by atoms with Crippen LogP contribution in [-0.4, -0.2) is 48.2 Å². The van der Waals surface area contributed by atoms with Crippen molar-refractivity contribution in [1.82, 2.24) is 10.6 Å². The van der Waals surface area contributed by atoms with Crippen LogP contribution < -0.4 is 15.4 Å². The Morgan fingerprint density at radius 3 is 2.27 bits per heavy atom. The number of hydrogen-bond donors (Lipinski definition) is 3. The first-order valence-corrected chi connectivity index (χ1v) is 15.7. The lowest BCUT2D eigenvalue weighted by atomic mass is 9.94. The Hall–Kier alpha value is -4.43. The van der Waals surface area contributed by atoms with E-state index in [2.05, 4.69) is 10.6 Å². The van der Waals surface area contributed by atoms with E-state index in [1.807, 2.05) is 97.1 Å². The summed E-state index contributed by atoms with van der Waals surface area (Å²) in [6, 6.07) is 26.6. The van der Waals surface area contributed by atoms with Gasteiger partial charge >= 0.3 is 5.97 Å². The molecule has 4 rings (SSSR count). The lowest BCUT2D eigenvalue weighted by Crippen LogP contribution is -2.45. The van der Waals surface area contributed by atoms with Crippen molar-refractivity contribution in [2.75, 3.05) is 13.2 Å². The number of nitrogens with one attached hydrogen (secondary N) is 2. The third-order valence-corrected chi connectivity index (χ3v) is 7.84. The highest BCUT2D eigenvalue weighted by Gasteiger charge is 2.27. The van der Waals surface area contributed by atoms with Crippen molar-refractivity contribution in [3.8, 4) is 5.75 Å². The number of ether oxygens (including phenoxy) is 2. The van der Waals surface area contributed by atoms with Crippen LogP contribution in [0.1, 0.15) is 49.3 Å². The number of hydrogen-bond acceptors (Lipinski definition) is 6. The van der Waals surface area contributed by atoms with Gasteiger partial charge in [-0.05, 0) is 67.9 Å². The minimum atomic E-state index is -0.611. The van der Waals surface area contributed by atoms with Gasteiger partial charge in [-0.25, -0.2) is 0 Å². The molecule has 1 heterocycles. The Kier molecular flexibility index (Phi) is 13.2. The fourth-order valence-electron chi connectivity index (χ4n) is 5.28. The number of benzene rings is 3. The number of aliphatic hydroxyl groups is 1. The molecule has 3 aromatic carbocycles. The lowest BCUT2D eigenvalue weighted by molar-refractivity contribution is -0.150. The maximum absolute atomic E-state index is 13.5. The Morgan fingerprint density at radius 1 is 0.911 bits per heavy atom. The second-order valence-corrected chi connectivity index (χ2v) is 11.7. The summed E-state index contributed by atoms with van der Waals surface area (Å²) in [4.78, 5) is 39.5. The molecule has 8 heteroatoms. The van der Waals surface area contributed by atoms with Crippen LogP contribution in [0.4, 0.5) is 0 Å². The lowest BCUT2D eigenvalue weighted by Gasteiger charge is -2.24. The van der Waals surface area contributed by atoms with Gasteiger partial charge in [0.1, 0.15) is 19.0 Å². The molecule has 4 atom stereocenters. The van der Waals surface area contributed by atoms with Gasteiger partial charge in [-0.15, -0.1) is 0 Å². The van der Waals surface area contributed by atoms with E-state index in [-0.39, 0.29) is 43.3 Å².